The summed E-state index contributed by atoms with van der Waals surface area (Å²) in [5, 5.41) is 0. The number of Topliss-reactive ketones (excluding diaryl/α,β-unsaturated/α-hetero) is 1. The summed E-state index contributed by atoms with van der Waals surface area (Å²) >= 11 is 3.46. The van der Waals surface area contributed by atoms with Gasteiger partial charge in [-0.2, -0.15) is 0 Å². The van der Waals surface area contributed by atoms with E-state index in [1.165, 1.54) is 7.11 Å². The standard InChI is InChI=1S/C25H22BrNO5/c1-13-22(25(29)30-2)23(14-3-6-17(26)7-4-14)24-18(27-13)9-16(10-19(24)28)15-5-8-20-21(11-15)32-12-31-20/h3-8,11,16,22-23H,9-10,12H2,1-2H3/t16-,22?,23-/m0/s1. The third kappa shape index (κ3) is 3.54. The van der Waals surface area contributed by atoms with Crippen molar-refractivity contribution in [3.8, 4) is 11.5 Å². The second-order valence-corrected chi connectivity index (χ2v) is 9.20. The molecule has 164 valence electrons. The van der Waals surface area contributed by atoms with Crippen molar-refractivity contribution >= 4 is 33.4 Å². The summed E-state index contributed by atoms with van der Waals surface area (Å²) in [6, 6.07) is 13.6. The number of aliphatic imine (C=N–C) groups is 1. The molecule has 0 radical (unpaired) electrons. The van der Waals surface area contributed by atoms with E-state index in [1.54, 1.807) is 0 Å². The molecule has 7 heteroatoms. The maximum Gasteiger partial charge on any atom is 0.315 e. The van der Waals surface area contributed by atoms with Gasteiger partial charge in [-0.25, -0.2) is 0 Å². The van der Waals surface area contributed by atoms with Gasteiger partial charge in [0, 0.05) is 33.8 Å². The average Bonchev–Trinajstić information content (AvgIpc) is 3.26. The summed E-state index contributed by atoms with van der Waals surface area (Å²) in [6.07, 6.45) is 0.979. The molecule has 2 aliphatic heterocycles. The molecule has 0 bridgehead atoms. The minimum absolute atomic E-state index is 0.00690. The van der Waals surface area contributed by atoms with Gasteiger partial charge < -0.3 is 14.2 Å². The molecule has 32 heavy (non-hydrogen) atoms. The van der Waals surface area contributed by atoms with E-state index in [0.29, 0.717) is 29.9 Å². The zero-order chi connectivity index (χ0) is 22.4. The largest absolute Gasteiger partial charge is 0.468 e. The van der Waals surface area contributed by atoms with Gasteiger partial charge in [0.05, 0.1) is 7.11 Å². The average molecular weight is 496 g/mol. The topological polar surface area (TPSA) is 74.2 Å². The van der Waals surface area contributed by atoms with Crippen LogP contribution in [0.5, 0.6) is 11.5 Å². The third-order valence-corrected chi connectivity index (χ3v) is 6.97. The van der Waals surface area contributed by atoms with Crippen molar-refractivity contribution in [1.29, 1.82) is 0 Å². The first-order chi connectivity index (χ1) is 15.5. The molecule has 1 aliphatic carbocycles. The van der Waals surface area contributed by atoms with Crippen molar-refractivity contribution in [2.75, 3.05) is 13.9 Å². The van der Waals surface area contributed by atoms with Crippen LogP contribution in [0.25, 0.3) is 0 Å². The van der Waals surface area contributed by atoms with Gasteiger partial charge in [0.1, 0.15) is 5.92 Å². The highest BCUT2D eigenvalue weighted by atomic mass is 79.9. The number of methoxy groups -OCH3 is 1. The number of benzene rings is 2. The number of carbonyl (C=O) groups excluding carboxylic acids is 2. The first kappa shape index (κ1) is 20.9. The Bertz CT molecular complexity index is 1170. The lowest BCUT2D eigenvalue weighted by Gasteiger charge is -2.36. The fourth-order valence-corrected chi connectivity index (χ4v) is 5.19. The van der Waals surface area contributed by atoms with E-state index in [2.05, 4.69) is 15.9 Å². The molecule has 0 N–H and O–H groups in total. The molecule has 3 atom stereocenters. The van der Waals surface area contributed by atoms with Crippen LogP contribution in [0.2, 0.25) is 0 Å². The van der Waals surface area contributed by atoms with E-state index in [0.717, 1.165) is 27.0 Å². The van der Waals surface area contributed by atoms with Gasteiger partial charge in [-0.15, -0.1) is 0 Å². The van der Waals surface area contributed by atoms with Gasteiger partial charge in [-0.05, 0) is 54.7 Å². The van der Waals surface area contributed by atoms with Gasteiger partial charge >= 0.3 is 5.97 Å². The van der Waals surface area contributed by atoms with Crippen LogP contribution in [0.1, 0.15) is 42.7 Å². The highest BCUT2D eigenvalue weighted by Crippen LogP contribution is 2.47. The van der Waals surface area contributed by atoms with Crippen LogP contribution in [0.4, 0.5) is 0 Å². The molecule has 0 aromatic heterocycles. The summed E-state index contributed by atoms with van der Waals surface area (Å²) < 4.78 is 17.0. The number of nitrogens with zero attached hydrogens (tertiary/aromatic N) is 1. The van der Waals surface area contributed by atoms with E-state index >= 15 is 0 Å². The van der Waals surface area contributed by atoms with E-state index in [1.807, 2.05) is 49.4 Å². The number of ether oxygens (including phenoxy) is 3. The number of rotatable bonds is 3. The molecule has 2 heterocycles. The first-order valence-corrected chi connectivity index (χ1v) is 11.3. The molecule has 0 amide bonds. The van der Waals surface area contributed by atoms with Crippen molar-refractivity contribution in [1.82, 2.24) is 0 Å². The summed E-state index contributed by atoms with van der Waals surface area (Å²) in [4.78, 5) is 31.0. The van der Waals surface area contributed by atoms with Crippen LogP contribution in [-0.4, -0.2) is 31.4 Å². The monoisotopic (exact) mass is 495 g/mol. The number of ketones is 1. The lowest BCUT2D eigenvalue weighted by Crippen LogP contribution is -2.37. The number of fused-ring (bicyclic) bond motifs is 1. The van der Waals surface area contributed by atoms with Crippen LogP contribution in [0.15, 0.2) is 63.2 Å². The molecule has 0 fully saturated rings. The molecule has 0 saturated heterocycles. The first-order valence-electron chi connectivity index (χ1n) is 10.5. The molecule has 2 aromatic rings. The molecule has 0 saturated carbocycles. The SMILES string of the molecule is COC(=O)C1C(C)=NC2=C(C(=O)C[C@@H](c3ccc4c(c3)OCO4)C2)[C@H]1c1ccc(Br)cc1. The predicted molar refractivity (Wildman–Crippen MR) is 122 cm³/mol. The van der Waals surface area contributed by atoms with Crippen LogP contribution in [0.3, 0.4) is 0 Å². The van der Waals surface area contributed by atoms with Crippen molar-refractivity contribution in [3.05, 3.63) is 69.3 Å². The Morgan fingerprint density at radius 1 is 1.06 bits per heavy atom. The smallest absolute Gasteiger partial charge is 0.315 e. The summed E-state index contributed by atoms with van der Waals surface area (Å²) in [7, 11) is 1.37. The number of allylic oxidation sites excluding steroid dienone is 2. The van der Waals surface area contributed by atoms with Gasteiger partial charge in [0.15, 0.2) is 17.3 Å². The second kappa shape index (κ2) is 8.20. The normalized spacial score (nSPS) is 24.2. The number of esters is 1. The van der Waals surface area contributed by atoms with Crippen LogP contribution < -0.4 is 9.47 Å². The Kier molecular flexibility index (Phi) is 5.37. The molecule has 3 aliphatic rings. The molecule has 1 unspecified atom stereocenters. The highest BCUT2D eigenvalue weighted by molar-refractivity contribution is 9.10. The number of carbonyl (C=O) groups is 2. The summed E-state index contributed by atoms with van der Waals surface area (Å²) in [5.74, 6) is 0.0326. The molecule has 2 aromatic carbocycles. The van der Waals surface area contributed by atoms with Crippen LogP contribution >= 0.6 is 15.9 Å². The zero-order valence-electron chi connectivity index (χ0n) is 17.8. The molecular weight excluding hydrogens is 474 g/mol. The fraction of sp³-hybridized carbons (Fsp3) is 0.320. The fourth-order valence-electron chi connectivity index (χ4n) is 4.92. The van der Waals surface area contributed by atoms with E-state index in [9.17, 15) is 9.59 Å². The highest BCUT2D eigenvalue weighted by Gasteiger charge is 2.44. The second-order valence-electron chi connectivity index (χ2n) is 8.28. The quantitative estimate of drug-likeness (QED) is 0.564. The molecule has 6 nitrogen and oxygen atoms in total. The number of hydrogen-bond donors (Lipinski definition) is 0. The minimum atomic E-state index is -0.619. The lowest BCUT2D eigenvalue weighted by molar-refractivity contribution is -0.143. The Hall–Kier alpha value is -2.93. The van der Waals surface area contributed by atoms with Crippen molar-refractivity contribution in [2.24, 2.45) is 10.9 Å². The van der Waals surface area contributed by atoms with Crippen LogP contribution in [-0.2, 0) is 14.3 Å². The minimum Gasteiger partial charge on any atom is -0.468 e. The summed E-state index contributed by atoms with van der Waals surface area (Å²) in [6.45, 7) is 2.05. The predicted octanol–water partition coefficient (Wildman–Crippen LogP) is 4.93. The Labute approximate surface area is 194 Å². The van der Waals surface area contributed by atoms with Crippen molar-refractivity contribution < 1.29 is 23.8 Å². The number of hydrogen-bond acceptors (Lipinski definition) is 6. The van der Waals surface area contributed by atoms with Gasteiger partial charge in [-0.1, -0.05) is 34.1 Å². The van der Waals surface area contributed by atoms with Crippen molar-refractivity contribution in [3.63, 3.8) is 0 Å². The lowest BCUT2D eigenvalue weighted by atomic mass is 9.69. The Morgan fingerprint density at radius 2 is 1.78 bits per heavy atom. The molecule has 5 rings (SSSR count). The Morgan fingerprint density at radius 3 is 2.53 bits per heavy atom. The van der Waals surface area contributed by atoms with E-state index in [4.69, 9.17) is 19.2 Å². The summed E-state index contributed by atoms with van der Waals surface area (Å²) in [5.41, 5.74) is 3.99. The number of halogens is 1. The van der Waals surface area contributed by atoms with Gasteiger partial charge in [0.2, 0.25) is 6.79 Å². The van der Waals surface area contributed by atoms with Gasteiger partial charge in [0.25, 0.3) is 0 Å². The van der Waals surface area contributed by atoms with E-state index < -0.39 is 11.8 Å². The third-order valence-electron chi connectivity index (χ3n) is 6.44. The Balaban J connectivity index is 1.56. The van der Waals surface area contributed by atoms with Crippen molar-refractivity contribution in [2.45, 2.75) is 31.6 Å². The molecular formula is C25H22BrNO5. The van der Waals surface area contributed by atoms with Crippen LogP contribution in [0, 0.1) is 5.92 Å². The van der Waals surface area contributed by atoms with E-state index in [-0.39, 0.29) is 24.5 Å². The molecule has 0 spiro atoms. The zero-order valence-corrected chi connectivity index (χ0v) is 19.3. The maximum absolute atomic E-state index is 13.5. The van der Waals surface area contributed by atoms with Gasteiger partial charge in [-0.3, -0.25) is 14.6 Å². The maximum atomic E-state index is 13.5.